The van der Waals surface area contributed by atoms with Crippen LogP contribution < -0.4 is 10.6 Å². The van der Waals surface area contributed by atoms with Gasteiger partial charge in [-0.25, -0.2) is 4.79 Å². The first-order valence-corrected chi connectivity index (χ1v) is 8.31. The van der Waals surface area contributed by atoms with Crippen molar-refractivity contribution in [1.29, 1.82) is 0 Å². The van der Waals surface area contributed by atoms with Crippen molar-refractivity contribution in [3.63, 3.8) is 0 Å². The van der Waals surface area contributed by atoms with Crippen LogP contribution in [0.2, 0.25) is 5.02 Å². The number of urea groups is 1. The van der Waals surface area contributed by atoms with Crippen molar-refractivity contribution >= 4 is 34.7 Å². The molecule has 0 saturated carbocycles. The summed E-state index contributed by atoms with van der Waals surface area (Å²) in [5.74, 6) is 0.708. The molecule has 26 heavy (non-hydrogen) atoms. The molecule has 2 heterocycles. The van der Waals surface area contributed by atoms with Crippen LogP contribution in [0.5, 0.6) is 0 Å². The summed E-state index contributed by atoms with van der Waals surface area (Å²) >= 11 is 5.93. The molecule has 0 spiro atoms. The number of aromatic nitrogens is 3. The fraction of sp³-hybridized carbons (Fsp3) is 0. The summed E-state index contributed by atoms with van der Waals surface area (Å²) in [5.41, 5.74) is 2.88. The Hall–Kier alpha value is -3.38. The van der Waals surface area contributed by atoms with Crippen molar-refractivity contribution in [2.75, 3.05) is 10.6 Å². The number of pyridine rings is 1. The van der Waals surface area contributed by atoms with E-state index in [0.29, 0.717) is 22.2 Å². The second-order valence-corrected chi connectivity index (χ2v) is 6.06. The molecule has 2 N–H and O–H groups in total. The second-order valence-electron chi connectivity index (χ2n) is 5.62. The molecule has 0 unspecified atom stereocenters. The molecule has 6 nitrogen and oxygen atoms in total. The highest BCUT2D eigenvalue weighted by Gasteiger charge is 2.09. The molecule has 0 aliphatic carbocycles. The minimum Gasteiger partial charge on any atom is -0.308 e. The third kappa shape index (κ3) is 3.36. The highest BCUT2D eigenvalue weighted by molar-refractivity contribution is 6.30. The Labute approximate surface area is 154 Å². The van der Waals surface area contributed by atoms with Crippen LogP contribution in [0.25, 0.3) is 17.0 Å². The average Bonchev–Trinajstić information content (AvgIpc) is 3.06. The van der Waals surface area contributed by atoms with E-state index in [4.69, 9.17) is 11.6 Å². The number of carbonyl (C=O) groups is 1. The first kappa shape index (κ1) is 16.1. The number of nitrogens with zero attached hydrogens (tertiary/aromatic N) is 3. The molecular weight excluding hydrogens is 350 g/mol. The summed E-state index contributed by atoms with van der Waals surface area (Å²) < 4.78 is 1.89. The van der Waals surface area contributed by atoms with Gasteiger partial charge in [-0.2, -0.15) is 0 Å². The Balaban J connectivity index is 1.55. The zero-order chi connectivity index (χ0) is 17.9. The van der Waals surface area contributed by atoms with Gasteiger partial charge in [0.2, 0.25) is 0 Å². The van der Waals surface area contributed by atoms with Gasteiger partial charge in [-0.3, -0.25) is 4.40 Å². The van der Waals surface area contributed by atoms with Crippen LogP contribution in [0.4, 0.5) is 16.2 Å². The van der Waals surface area contributed by atoms with E-state index in [2.05, 4.69) is 20.8 Å². The molecule has 0 saturated heterocycles. The first-order chi connectivity index (χ1) is 12.7. The number of fused-ring (bicyclic) bond motifs is 1. The number of amides is 2. The predicted octanol–water partition coefficient (Wildman–Crippen LogP) is 4.69. The summed E-state index contributed by atoms with van der Waals surface area (Å²) in [6, 6.07) is 19.8. The Kier molecular flexibility index (Phi) is 4.25. The quantitative estimate of drug-likeness (QED) is 0.554. The number of hydrogen-bond acceptors (Lipinski definition) is 3. The van der Waals surface area contributed by atoms with Crippen molar-refractivity contribution in [3.05, 3.63) is 77.9 Å². The Morgan fingerprint density at radius 3 is 2.46 bits per heavy atom. The molecule has 0 bridgehead atoms. The normalized spacial score (nSPS) is 10.7. The van der Waals surface area contributed by atoms with Crippen LogP contribution >= 0.6 is 11.6 Å². The predicted molar refractivity (Wildman–Crippen MR) is 103 cm³/mol. The molecule has 0 aliphatic heterocycles. The van der Waals surface area contributed by atoms with Gasteiger partial charge in [0.1, 0.15) is 0 Å². The third-order valence-electron chi connectivity index (χ3n) is 3.77. The molecule has 2 aromatic carbocycles. The maximum Gasteiger partial charge on any atom is 0.323 e. The monoisotopic (exact) mass is 363 g/mol. The van der Waals surface area contributed by atoms with Gasteiger partial charge in [0, 0.05) is 28.2 Å². The van der Waals surface area contributed by atoms with Crippen molar-refractivity contribution in [3.8, 4) is 11.4 Å². The molecule has 2 amide bonds. The summed E-state index contributed by atoms with van der Waals surface area (Å²) in [6.45, 7) is 0. The van der Waals surface area contributed by atoms with Crippen LogP contribution in [0.15, 0.2) is 72.9 Å². The topological polar surface area (TPSA) is 71.3 Å². The lowest BCUT2D eigenvalue weighted by atomic mass is 10.2. The number of benzene rings is 2. The van der Waals surface area contributed by atoms with Crippen molar-refractivity contribution in [2.45, 2.75) is 0 Å². The van der Waals surface area contributed by atoms with Gasteiger partial charge in [0.15, 0.2) is 11.5 Å². The van der Waals surface area contributed by atoms with Gasteiger partial charge in [-0.05, 0) is 42.5 Å². The fourth-order valence-corrected chi connectivity index (χ4v) is 2.82. The molecule has 0 aliphatic rings. The van der Waals surface area contributed by atoms with Gasteiger partial charge in [0.25, 0.3) is 0 Å². The van der Waals surface area contributed by atoms with Crippen LogP contribution in [0, 0.1) is 0 Å². The zero-order valence-electron chi connectivity index (χ0n) is 13.6. The highest BCUT2D eigenvalue weighted by Crippen LogP contribution is 2.22. The van der Waals surface area contributed by atoms with E-state index >= 15 is 0 Å². The van der Waals surface area contributed by atoms with Gasteiger partial charge in [-0.1, -0.05) is 35.9 Å². The van der Waals surface area contributed by atoms with E-state index in [-0.39, 0.29) is 6.03 Å². The molecular formula is C19H14ClN5O. The van der Waals surface area contributed by atoms with Crippen LogP contribution in [-0.2, 0) is 0 Å². The maximum absolute atomic E-state index is 12.2. The summed E-state index contributed by atoms with van der Waals surface area (Å²) in [6.07, 6.45) is 1.90. The molecule has 0 fully saturated rings. The standard InChI is InChI=1S/C19H14ClN5O/c20-14-6-4-8-16(12-14)22-19(26)21-15-7-3-5-13(11-15)18-24-23-17-9-1-2-10-25(17)18/h1-12H,(H2,21,22,26). The van der Waals surface area contributed by atoms with Gasteiger partial charge < -0.3 is 10.6 Å². The minimum absolute atomic E-state index is 0.351. The van der Waals surface area contributed by atoms with Crippen molar-refractivity contribution in [2.24, 2.45) is 0 Å². The molecule has 0 atom stereocenters. The molecule has 7 heteroatoms. The average molecular weight is 364 g/mol. The van der Waals surface area contributed by atoms with Gasteiger partial charge >= 0.3 is 6.03 Å². The molecule has 2 aromatic heterocycles. The van der Waals surface area contributed by atoms with E-state index in [0.717, 1.165) is 11.2 Å². The Bertz CT molecular complexity index is 1090. The number of rotatable bonds is 3. The number of nitrogens with one attached hydrogen (secondary N) is 2. The lowest BCUT2D eigenvalue weighted by Gasteiger charge is -2.09. The molecule has 0 radical (unpaired) electrons. The fourth-order valence-electron chi connectivity index (χ4n) is 2.63. The van der Waals surface area contributed by atoms with Crippen molar-refractivity contribution in [1.82, 2.24) is 14.6 Å². The number of carbonyl (C=O) groups excluding carboxylic acids is 1. The highest BCUT2D eigenvalue weighted by atomic mass is 35.5. The third-order valence-corrected chi connectivity index (χ3v) is 4.01. The first-order valence-electron chi connectivity index (χ1n) is 7.93. The van der Waals surface area contributed by atoms with E-state index in [1.807, 2.05) is 53.1 Å². The van der Waals surface area contributed by atoms with E-state index in [1.165, 1.54) is 0 Å². The van der Waals surface area contributed by atoms with E-state index < -0.39 is 0 Å². The summed E-state index contributed by atoms with van der Waals surface area (Å²) in [4.78, 5) is 12.2. The van der Waals surface area contributed by atoms with Crippen LogP contribution in [0.1, 0.15) is 0 Å². The maximum atomic E-state index is 12.2. The minimum atomic E-state index is -0.351. The van der Waals surface area contributed by atoms with Gasteiger partial charge in [0.05, 0.1) is 0 Å². The summed E-state index contributed by atoms with van der Waals surface area (Å²) in [5, 5.41) is 14.5. The SMILES string of the molecule is O=C(Nc1cccc(Cl)c1)Nc1cccc(-c2nnc3ccccn23)c1. The summed E-state index contributed by atoms with van der Waals surface area (Å²) in [7, 11) is 0. The van der Waals surface area contributed by atoms with E-state index in [1.54, 1.807) is 24.3 Å². The molecule has 4 rings (SSSR count). The van der Waals surface area contributed by atoms with Crippen molar-refractivity contribution < 1.29 is 4.79 Å². The smallest absolute Gasteiger partial charge is 0.308 e. The van der Waals surface area contributed by atoms with E-state index in [9.17, 15) is 4.79 Å². The largest absolute Gasteiger partial charge is 0.323 e. The van der Waals surface area contributed by atoms with Gasteiger partial charge in [-0.15, -0.1) is 10.2 Å². The lowest BCUT2D eigenvalue weighted by molar-refractivity contribution is 0.262. The number of halogens is 1. The lowest BCUT2D eigenvalue weighted by Crippen LogP contribution is -2.19. The zero-order valence-corrected chi connectivity index (χ0v) is 14.3. The van der Waals surface area contributed by atoms with Crippen LogP contribution in [-0.4, -0.2) is 20.6 Å². The molecule has 4 aromatic rings. The Morgan fingerprint density at radius 2 is 1.65 bits per heavy atom. The second kappa shape index (κ2) is 6.85. The molecule has 128 valence electrons. The number of hydrogen-bond donors (Lipinski definition) is 2. The Morgan fingerprint density at radius 1 is 0.885 bits per heavy atom. The number of anilines is 2. The van der Waals surface area contributed by atoms with Crippen LogP contribution in [0.3, 0.4) is 0 Å².